The predicted molar refractivity (Wildman–Crippen MR) is 66.4 cm³/mol. The van der Waals surface area contributed by atoms with Crippen LogP contribution in [0.3, 0.4) is 0 Å². The van der Waals surface area contributed by atoms with E-state index in [0.29, 0.717) is 17.3 Å². The molecule has 1 aromatic carbocycles. The van der Waals surface area contributed by atoms with Gasteiger partial charge in [0.05, 0.1) is 11.0 Å². The summed E-state index contributed by atoms with van der Waals surface area (Å²) in [5, 5.41) is 17.9. The van der Waals surface area contributed by atoms with E-state index in [-0.39, 0.29) is 11.7 Å². The second kappa shape index (κ2) is 4.77. The number of hydrogen-bond donors (Lipinski definition) is 1. The van der Waals surface area contributed by atoms with E-state index in [1.165, 1.54) is 12.1 Å². The van der Waals surface area contributed by atoms with Crippen molar-refractivity contribution in [2.24, 2.45) is 0 Å². The molecular formula is C12H12N4O3. The number of nitrogens with one attached hydrogen (secondary N) is 1. The highest BCUT2D eigenvalue weighted by atomic mass is 16.6. The van der Waals surface area contributed by atoms with Crippen LogP contribution in [0.2, 0.25) is 0 Å². The van der Waals surface area contributed by atoms with E-state index in [1.54, 1.807) is 12.1 Å². The first kappa shape index (κ1) is 11.8. The van der Waals surface area contributed by atoms with Gasteiger partial charge in [0, 0.05) is 17.7 Å². The summed E-state index contributed by atoms with van der Waals surface area (Å²) in [6.07, 6.45) is 2.05. The van der Waals surface area contributed by atoms with Crippen molar-refractivity contribution >= 4 is 5.69 Å². The van der Waals surface area contributed by atoms with Crippen LogP contribution in [-0.4, -0.2) is 21.6 Å². The third-order valence-electron chi connectivity index (χ3n) is 3.12. The van der Waals surface area contributed by atoms with Crippen LogP contribution >= 0.6 is 0 Å². The van der Waals surface area contributed by atoms with E-state index in [1.807, 2.05) is 0 Å². The highest BCUT2D eigenvalue weighted by molar-refractivity contribution is 5.58. The van der Waals surface area contributed by atoms with Crippen LogP contribution in [-0.2, 0) is 0 Å². The average molecular weight is 260 g/mol. The molecule has 7 heteroatoms. The van der Waals surface area contributed by atoms with Gasteiger partial charge in [-0.05, 0) is 19.4 Å². The summed E-state index contributed by atoms with van der Waals surface area (Å²) in [5.41, 5.74) is 0.602. The zero-order valence-electron chi connectivity index (χ0n) is 10.1. The lowest BCUT2D eigenvalue weighted by Crippen LogP contribution is -2.12. The molecule has 1 atom stereocenters. The number of rotatable bonds is 3. The lowest BCUT2D eigenvalue weighted by Gasteiger charge is -2.01. The highest BCUT2D eigenvalue weighted by Gasteiger charge is 2.23. The summed E-state index contributed by atoms with van der Waals surface area (Å²) >= 11 is 0. The van der Waals surface area contributed by atoms with E-state index in [0.717, 1.165) is 19.4 Å². The molecule has 2 aromatic rings. The number of non-ortho nitro benzene ring substituents is 1. The minimum Gasteiger partial charge on any atom is -0.337 e. The first-order chi connectivity index (χ1) is 9.24. The number of hydrogen-bond acceptors (Lipinski definition) is 6. The molecule has 1 aliphatic rings. The Morgan fingerprint density at radius 3 is 3.11 bits per heavy atom. The molecule has 19 heavy (non-hydrogen) atoms. The molecule has 1 N–H and O–H groups in total. The van der Waals surface area contributed by atoms with Crippen LogP contribution in [0.4, 0.5) is 5.69 Å². The molecule has 0 radical (unpaired) electrons. The Balaban J connectivity index is 1.89. The molecule has 2 heterocycles. The molecule has 1 aliphatic heterocycles. The van der Waals surface area contributed by atoms with Crippen molar-refractivity contribution in [1.82, 2.24) is 15.5 Å². The minimum absolute atomic E-state index is 0.0165. The Hall–Kier alpha value is -2.28. The third kappa shape index (κ3) is 2.32. The second-order valence-electron chi connectivity index (χ2n) is 4.41. The van der Waals surface area contributed by atoms with Gasteiger partial charge in [-0.2, -0.15) is 4.98 Å². The van der Waals surface area contributed by atoms with Gasteiger partial charge < -0.3 is 9.84 Å². The van der Waals surface area contributed by atoms with Crippen molar-refractivity contribution in [2.45, 2.75) is 18.9 Å². The lowest BCUT2D eigenvalue weighted by atomic mass is 10.2. The van der Waals surface area contributed by atoms with Crippen molar-refractivity contribution < 1.29 is 9.45 Å². The first-order valence-electron chi connectivity index (χ1n) is 6.06. The maximum Gasteiger partial charge on any atom is 0.270 e. The maximum absolute atomic E-state index is 10.7. The molecule has 98 valence electrons. The molecule has 7 nitrogen and oxygen atoms in total. The second-order valence-corrected chi connectivity index (χ2v) is 4.41. The number of nitrogens with zero attached hydrogens (tertiary/aromatic N) is 3. The first-order valence-corrected chi connectivity index (χ1v) is 6.06. The van der Waals surface area contributed by atoms with Gasteiger partial charge in [-0.1, -0.05) is 17.3 Å². The van der Waals surface area contributed by atoms with Gasteiger partial charge >= 0.3 is 0 Å². The van der Waals surface area contributed by atoms with Gasteiger partial charge in [0.15, 0.2) is 0 Å². The van der Waals surface area contributed by atoms with Crippen LogP contribution in [0.5, 0.6) is 0 Å². The summed E-state index contributed by atoms with van der Waals surface area (Å²) in [4.78, 5) is 14.6. The van der Waals surface area contributed by atoms with Crippen LogP contribution < -0.4 is 5.32 Å². The molecule has 0 bridgehead atoms. The SMILES string of the molecule is O=[N+]([O-])c1cccc(-c2noc([C@H]3CCCN3)n2)c1. The van der Waals surface area contributed by atoms with Crippen molar-refractivity contribution in [2.75, 3.05) is 6.54 Å². The predicted octanol–water partition coefficient (Wildman–Crippen LogP) is 2.07. The minimum atomic E-state index is -0.441. The zero-order valence-corrected chi connectivity index (χ0v) is 10.1. The molecule has 0 aliphatic carbocycles. The van der Waals surface area contributed by atoms with Gasteiger partial charge in [-0.3, -0.25) is 10.1 Å². The van der Waals surface area contributed by atoms with Gasteiger partial charge in [0.1, 0.15) is 0 Å². The number of nitro benzene ring substituents is 1. The van der Waals surface area contributed by atoms with Gasteiger partial charge in [-0.15, -0.1) is 0 Å². The molecule has 0 spiro atoms. The highest BCUT2D eigenvalue weighted by Crippen LogP contribution is 2.25. The standard InChI is InChI=1S/C12H12N4O3/c17-16(18)9-4-1-3-8(7-9)11-14-12(19-15-11)10-5-2-6-13-10/h1,3-4,7,10,13H,2,5-6H2/t10-/m1/s1. The molecule has 0 unspecified atom stereocenters. The van der Waals surface area contributed by atoms with E-state index in [2.05, 4.69) is 15.5 Å². The molecule has 0 saturated carbocycles. The van der Waals surface area contributed by atoms with Gasteiger partial charge in [-0.25, -0.2) is 0 Å². The summed E-state index contributed by atoms with van der Waals surface area (Å²) in [5.74, 6) is 0.923. The van der Waals surface area contributed by atoms with Crippen molar-refractivity contribution in [3.63, 3.8) is 0 Å². The Morgan fingerprint density at radius 2 is 2.37 bits per heavy atom. The topological polar surface area (TPSA) is 94.1 Å². The molecular weight excluding hydrogens is 248 g/mol. The normalized spacial score (nSPS) is 18.6. The van der Waals surface area contributed by atoms with Crippen LogP contribution in [0.15, 0.2) is 28.8 Å². The summed E-state index contributed by atoms with van der Waals surface area (Å²) in [6, 6.07) is 6.31. The Morgan fingerprint density at radius 1 is 1.47 bits per heavy atom. The van der Waals surface area contributed by atoms with Gasteiger partial charge in [0.25, 0.3) is 5.69 Å². The van der Waals surface area contributed by atoms with Gasteiger partial charge in [0.2, 0.25) is 11.7 Å². The fourth-order valence-electron chi connectivity index (χ4n) is 2.15. The van der Waals surface area contributed by atoms with Crippen molar-refractivity contribution in [1.29, 1.82) is 0 Å². The summed E-state index contributed by atoms with van der Waals surface area (Å²) in [6.45, 7) is 0.944. The zero-order chi connectivity index (χ0) is 13.2. The molecule has 1 saturated heterocycles. The molecule has 1 aromatic heterocycles. The third-order valence-corrected chi connectivity index (χ3v) is 3.12. The smallest absolute Gasteiger partial charge is 0.270 e. The van der Waals surface area contributed by atoms with Crippen LogP contribution in [0.25, 0.3) is 11.4 Å². The van der Waals surface area contributed by atoms with Crippen LogP contribution in [0.1, 0.15) is 24.8 Å². The maximum atomic E-state index is 10.7. The monoisotopic (exact) mass is 260 g/mol. The van der Waals surface area contributed by atoms with E-state index < -0.39 is 4.92 Å². The fraction of sp³-hybridized carbons (Fsp3) is 0.333. The van der Waals surface area contributed by atoms with Crippen LogP contribution in [0, 0.1) is 10.1 Å². The quantitative estimate of drug-likeness (QED) is 0.670. The molecule has 3 rings (SSSR count). The number of benzene rings is 1. The van der Waals surface area contributed by atoms with E-state index in [9.17, 15) is 10.1 Å². The number of nitro groups is 1. The molecule has 1 fully saturated rings. The van der Waals surface area contributed by atoms with E-state index >= 15 is 0 Å². The summed E-state index contributed by atoms with van der Waals surface area (Å²) < 4.78 is 5.21. The van der Waals surface area contributed by atoms with E-state index in [4.69, 9.17) is 4.52 Å². The Bertz CT molecular complexity index is 605. The number of aromatic nitrogens is 2. The lowest BCUT2D eigenvalue weighted by molar-refractivity contribution is -0.384. The Kier molecular flexibility index (Phi) is 2.96. The molecule has 0 amide bonds. The Labute approximate surface area is 108 Å². The fourth-order valence-corrected chi connectivity index (χ4v) is 2.15. The summed E-state index contributed by atoms with van der Waals surface area (Å²) in [7, 11) is 0. The van der Waals surface area contributed by atoms with Crippen molar-refractivity contribution in [3.05, 3.63) is 40.3 Å². The largest absolute Gasteiger partial charge is 0.337 e. The van der Waals surface area contributed by atoms with Crippen molar-refractivity contribution in [3.8, 4) is 11.4 Å². The average Bonchev–Trinajstić information content (AvgIpc) is 3.09.